The molecule has 0 radical (unpaired) electrons. The molecule has 5 aromatic carbocycles. The molecule has 0 aliphatic carbocycles. The monoisotopic (exact) mass is 1210 g/mol. The predicted octanol–water partition coefficient (Wildman–Crippen LogP) is 4.21. The number of carbonyl (C=O) groups is 1. The summed E-state index contributed by atoms with van der Waals surface area (Å²) in [4.78, 5) is 24.6. The molecule has 6 aromatic rings. The zero-order valence-corrected chi connectivity index (χ0v) is 43.3. The summed E-state index contributed by atoms with van der Waals surface area (Å²) in [5.74, 6) is -2.14. The van der Waals surface area contributed by atoms with Gasteiger partial charge in [-0.05, 0) is 95.8 Å². The number of nitrogens with zero attached hydrogens (tertiary/aromatic N) is 7. The molecule has 0 fully saturated rings. The van der Waals surface area contributed by atoms with Crippen LogP contribution in [0.2, 0.25) is 5.28 Å². The van der Waals surface area contributed by atoms with E-state index >= 15 is 0 Å². The average molecular weight is 1210 g/mol. The molecule has 33 nitrogen and oxygen atoms in total. The van der Waals surface area contributed by atoms with Crippen LogP contribution in [0.3, 0.4) is 0 Å². The molecule has 40 heteroatoms. The SMILES string of the molecule is N=C(O)Nc1cc(N=c2nc(Cl)[nH]c(=Nc3cc(NCCC(=O)O)c(S(=O)(=O)O)cc3N=Nc3ccc(S(=O)(=O)CCOS(=O)(=O)O)cc3)[nH]2)ccc1N=Nc1cc2c(S(=O)(=O)O)cc(S(=O)(=O)O)cc2cc1S(=O)(=O)O. The highest BCUT2D eigenvalue weighted by molar-refractivity contribution is 7.91. The van der Waals surface area contributed by atoms with E-state index in [0.717, 1.165) is 48.5 Å². The summed E-state index contributed by atoms with van der Waals surface area (Å²) in [5, 5.41) is 45.5. The number of aromatic amines is 2. The predicted molar refractivity (Wildman–Crippen MR) is 264 cm³/mol. The number of fused-ring (bicyclic) bond motifs is 1. The maximum Gasteiger partial charge on any atom is 0.397 e. The lowest BCUT2D eigenvalue weighted by atomic mass is 10.1. The largest absolute Gasteiger partial charge is 0.481 e. The van der Waals surface area contributed by atoms with Crippen LogP contribution in [0, 0.1) is 5.41 Å². The molecule has 410 valence electrons. The Kier molecular flexibility index (Phi) is 17.2. The van der Waals surface area contributed by atoms with Crippen molar-refractivity contribution < 1.29 is 92.5 Å². The van der Waals surface area contributed by atoms with Gasteiger partial charge >= 0.3 is 16.4 Å². The standard InChI is InChI=1S/C37H33ClN12O21S6/c38-34-44-36(41-20-3-6-24(25(13-20)42-35(39)53)48-50-29-15-23-18(12-31(29)75(62,63)64)11-22(73(56,57)58)14-30(23)74(59,60)61)46-37(45-34)43-26-16-28(40-8-7-33(51)52)32(76(65,66)67)17-27(26)49-47-19-1-4-21(5-2-19)72(54,55)10-9-71-77(68,69)70/h1-6,11-17,40H,7-10H2,(H,51,52)(H3,39,42,53)(H,56,57,58)(H,59,60,61)(H,62,63,64)(H,65,66,67)(H,68,69,70)(H2,41,43,44,45,46). The van der Waals surface area contributed by atoms with Crippen LogP contribution in [-0.4, -0.2) is 129 Å². The molecule has 0 atom stereocenters. The molecule has 0 unspecified atom stereocenters. The number of halogens is 1. The Bertz CT molecular complexity index is 4330. The second kappa shape index (κ2) is 22.6. The molecule has 0 amide bonds. The minimum atomic E-state index is -5.30. The number of hydrogen-bond acceptors (Lipinski definition) is 23. The molecule has 0 spiro atoms. The van der Waals surface area contributed by atoms with Gasteiger partial charge in [0, 0.05) is 11.9 Å². The number of anilines is 2. The molecular weight excluding hydrogens is 1180 g/mol. The fourth-order valence-corrected chi connectivity index (χ4v) is 10.6. The molecular formula is C37H33ClN12O21S6. The third-order valence-electron chi connectivity index (χ3n) is 9.51. The number of aromatic nitrogens is 3. The number of aliphatic hydroxyl groups excluding tert-OH is 1. The molecule has 0 saturated heterocycles. The van der Waals surface area contributed by atoms with Crippen LogP contribution in [0.15, 0.2) is 134 Å². The van der Waals surface area contributed by atoms with Crippen molar-refractivity contribution in [1.29, 1.82) is 5.41 Å². The van der Waals surface area contributed by atoms with E-state index in [1.54, 1.807) is 0 Å². The van der Waals surface area contributed by atoms with Crippen molar-refractivity contribution >= 4 is 141 Å². The molecule has 0 aliphatic heterocycles. The first-order valence-corrected chi connectivity index (χ1v) is 29.3. The minimum absolute atomic E-state index is 0.0602. The minimum Gasteiger partial charge on any atom is -0.481 e. The summed E-state index contributed by atoms with van der Waals surface area (Å²) >= 11 is 6.28. The van der Waals surface area contributed by atoms with Gasteiger partial charge in [0.25, 0.3) is 46.5 Å². The number of H-pyrrole nitrogens is 2. The van der Waals surface area contributed by atoms with Gasteiger partial charge in [-0.25, -0.2) is 22.6 Å². The maximum absolute atomic E-state index is 12.7. The first-order valence-electron chi connectivity index (χ1n) is 20.1. The number of nitrogens with one attached hydrogen (secondary N) is 5. The summed E-state index contributed by atoms with van der Waals surface area (Å²) in [6, 6.07) is 10.7. The van der Waals surface area contributed by atoms with Gasteiger partial charge < -0.3 is 25.8 Å². The smallest absolute Gasteiger partial charge is 0.397 e. The number of carboxylic acids is 1. The van der Waals surface area contributed by atoms with Gasteiger partial charge in [0.05, 0.1) is 57.0 Å². The van der Waals surface area contributed by atoms with Crippen molar-refractivity contribution in [3.8, 4) is 0 Å². The van der Waals surface area contributed by atoms with Gasteiger partial charge in [-0.1, -0.05) is 0 Å². The maximum atomic E-state index is 12.7. The van der Waals surface area contributed by atoms with Crippen molar-refractivity contribution in [3.05, 3.63) is 95.4 Å². The van der Waals surface area contributed by atoms with Crippen LogP contribution >= 0.6 is 11.6 Å². The van der Waals surface area contributed by atoms with Crippen LogP contribution in [0.1, 0.15) is 6.42 Å². The summed E-state index contributed by atoms with van der Waals surface area (Å²) < 4.78 is 198. The Morgan fingerprint density at radius 1 is 0.623 bits per heavy atom. The number of benzene rings is 5. The van der Waals surface area contributed by atoms with Crippen LogP contribution < -0.4 is 21.9 Å². The van der Waals surface area contributed by atoms with Gasteiger partial charge in [-0.15, -0.1) is 15.3 Å². The van der Waals surface area contributed by atoms with E-state index in [9.17, 15) is 78.6 Å². The van der Waals surface area contributed by atoms with Gasteiger partial charge in [0.2, 0.25) is 16.5 Å². The lowest BCUT2D eigenvalue weighted by Crippen LogP contribution is -2.26. The highest BCUT2D eigenvalue weighted by Gasteiger charge is 2.26. The number of aliphatic carboxylic acids is 1. The van der Waals surface area contributed by atoms with E-state index in [2.05, 4.69) is 60.2 Å². The van der Waals surface area contributed by atoms with Gasteiger partial charge in [0.1, 0.15) is 31.7 Å². The number of carboxylic acid groups (broad SMARTS) is 1. The fraction of sp³-hybridized carbons (Fsp3) is 0.108. The van der Waals surface area contributed by atoms with E-state index in [4.69, 9.17) is 26.7 Å². The lowest BCUT2D eigenvalue weighted by Gasteiger charge is -2.12. The molecule has 0 saturated carbocycles. The summed E-state index contributed by atoms with van der Waals surface area (Å²) in [7, 11) is -29.9. The van der Waals surface area contributed by atoms with Crippen molar-refractivity contribution in [2.45, 2.75) is 30.9 Å². The van der Waals surface area contributed by atoms with Crippen LogP contribution in [-0.2, 0) is 69.7 Å². The Hall–Kier alpha value is -7.54. The number of aliphatic hydroxyl groups is 1. The number of rotatable bonds is 20. The highest BCUT2D eigenvalue weighted by Crippen LogP contribution is 2.39. The molecule has 1 aromatic heterocycles. The number of sulfone groups is 1. The Balaban J connectivity index is 1.44. The first kappa shape index (κ1) is 58.7. The van der Waals surface area contributed by atoms with Crippen LogP contribution in [0.25, 0.3) is 10.8 Å². The second-order valence-corrected chi connectivity index (χ2v) is 24.1. The van der Waals surface area contributed by atoms with E-state index in [1.165, 1.54) is 6.07 Å². The Morgan fingerprint density at radius 2 is 1.25 bits per heavy atom. The Morgan fingerprint density at radius 3 is 1.84 bits per heavy atom. The zero-order chi connectivity index (χ0) is 57.1. The molecule has 6 rings (SSSR count). The molecule has 0 bridgehead atoms. The number of azo groups is 2. The first-order chi connectivity index (χ1) is 35.6. The van der Waals surface area contributed by atoms with Crippen molar-refractivity contribution in [3.63, 3.8) is 0 Å². The quantitative estimate of drug-likeness (QED) is 0.0220. The van der Waals surface area contributed by atoms with Gasteiger partial charge in [0.15, 0.2) is 9.84 Å². The summed E-state index contributed by atoms with van der Waals surface area (Å²) in [5.41, 5.74) is -3.38. The normalized spacial score (nSPS) is 13.4. The molecule has 0 aliphatic rings. The number of hydrogen-bond donors (Lipinski definition) is 12. The van der Waals surface area contributed by atoms with E-state index in [0.29, 0.717) is 24.3 Å². The van der Waals surface area contributed by atoms with Crippen molar-refractivity contribution in [2.24, 2.45) is 30.4 Å². The van der Waals surface area contributed by atoms with Crippen LogP contribution in [0.5, 0.6) is 0 Å². The molecule has 1 heterocycles. The third kappa shape index (κ3) is 16.0. The highest BCUT2D eigenvalue weighted by atomic mass is 35.5. The lowest BCUT2D eigenvalue weighted by molar-refractivity contribution is -0.136. The van der Waals surface area contributed by atoms with E-state index in [-0.39, 0.29) is 56.8 Å². The van der Waals surface area contributed by atoms with Gasteiger partial charge in [-0.2, -0.15) is 52.2 Å². The Labute approximate surface area is 437 Å². The van der Waals surface area contributed by atoms with Crippen molar-refractivity contribution in [2.75, 3.05) is 29.5 Å². The van der Waals surface area contributed by atoms with Crippen molar-refractivity contribution in [1.82, 2.24) is 15.0 Å². The number of amidine groups is 1. The van der Waals surface area contributed by atoms with E-state index in [1.807, 2.05) is 0 Å². The summed E-state index contributed by atoms with van der Waals surface area (Å²) in [6.07, 6.45) is -0.532. The van der Waals surface area contributed by atoms with E-state index < -0.39 is 138 Å². The fourth-order valence-electron chi connectivity index (χ4n) is 6.30. The zero-order valence-electron chi connectivity index (χ0n) is 37.6. The third-order valence-corrected chi connectivity index (χ3v) is 15.3. The van der Waals surface area contributed by atoms with Gasteiger partial charge in [-0.3, -0.25) is 38.0 Å². The average Bonchev–Trinajstić information content (AvgIpc) is 3.30. The van der Waals surface area contributed by atoms with Crippen LogP contribution in [0.4, 0.5) is 45.5 Å². The second-order valence-electron chi connectivity index (χ2n) is 15.0. The summed E-state index contributed by atoms with van der Waals surface area (Å²) in [6.45, 7) is -1.29. The molecule has 12 N–H and O–H groups in total. The molecule has 77 heavy (non-hydrogen) atoms. The topological polar surface area (TPSA) is 539 Å².